The number of carboxylic acid groups (broad SMARTS) is 1. The van der Waals surface area contributed by atoms with Gasteiger partial charge in [0.2, 0.25) is 16.5 Å². The monoisotopic (exact) mass is 550 g/mol. The number of carbonyl (C=O) groups excluding carboxylic acids is 1. The standard InChI is InChI=1S/C17H10Cl2F6N4O4S/c1-28(11(30)2-3-12(31)32)15-14(34(33)17(23,24)25)10(6-26)27-29(15)13-8(18)4-7(5-9(13)19)16(20,21)22/h4-5H,2-3H2,1H3,(H,31,32). The van der Waals surface area contributed by atoms with E-state index in [2.05, 4.69) is 5.10 Å². The van der Waals surface area contributed by atoms with Gasteiger partial charge in [0, 0.05) is 13.5 Å². The average Bonchev–Trinajstić information content (AvgIpc) is 3.07. The van der Waals surface area contributed by atoms with Crippen LogP contribution in [0.4, 0.5) is 32.2 Å². The molecule has 1 N–H and O–H groups in total. The molecule has 0 aliphatic rings. The van der Waals surface area contributed by atoms with Crippen LogP contribution in [-0.2, 0) is 26.9 Å². The van der Waals surface area contributed by atoms with Crippen LogP contribution in [-0.4, -0.2) is 43.9 Å². The second kappa shape index (κ2) is 9.90. The third-order valence-electron chi connectivity index (χ3n) is 4.12. The van der Waals surface area contributed by atoms with Crippen LogP contribution in [0.25, 0.3) is 5.69 Å². The summed E-state index contributed by atoms with van der Waals surface area (Å²) in [6, 6.07) is 2.04. The van der Waals surface area contributed by atoms with Crippen molar-refractivity contribution in [2.24, 2.45) is 0 Å². The molecule has 0 saturated carbocycles. The Morgan fingerprint density at radius 1 is 1.21 bits per heavy atom. The summed E-state index contributed by atoms with van der Waals surface area (Å²) in [5, 5.41) is 20.0. The van der Waals surface area contributed by atoms with Gasteiger partial charge in [0.1, 0.15) is 22.9 Å². The Bertz CT molecular complexity index is 1160. The van der Waals surface area contributed by atoms with E-state index in [0.29, 0.717) is 21.7 Å². The Morgan fingerprint density at radius 2 is 1.74 bits per heavy atom. The zero-order valence-corrected chi connectivity index (χ0v) is 18.8. The number of nitriles is 1. The molecule has 8 nitrogen and oxygen atoms in total. The number of amides is 1. The lowest BCUT2D eigenvalue weighted by Gasteiger charge is -2.22. The Kier molecular flexibility index (Phi) is 8.03. The highest BCUT2D eigenvalue weighted by atomic mass is 35.5. The summed E-state index contributed by atoms with van der Waals surface area (Å²) in [5.74, 6) is -3.47. The van der Waals surface area contributed by atoms with Crippen molar-refractivity contribution >= 4 is 52.1 Å². The predicted molar refractivity (Wildman–Crippen MR) is 106 cm³/mol. The molecule has 17 heteroatoms. The first kappa shape index (κ1) is 27.6. The highest BCUT2D eigenvalue weighted by Crippen LogP contribution is 2.43. The van der Waals surface area contributed by atoms with Gasteiger partial charge in [-0.2, -0.15) is 18.4 Å². The van der Waals surface area contributed by atoms with E-state index in [0.717, 1.165) is 7.05 Å². The molecule has 184 valence electrons. The minimum atomic E-state index is -5.44. The number of anilines is 1. The van der Waals surface area contributed by atoms with Crippen molar-refractivity contribution in [3.63, 3.8) is 0 Å². The SMILES string of the molecule is CN(C(=O)CCC(=O)O)c1c([S+]([O-])C(F)(F)F)c(C#N)nn1-c1c(Cl)cc(C(F)(F)F)cc1Cl. The Balaban J connectivity index is 2.87. The zero-order valence-electron chi connectivity index (χ0n) is 16.5. The molecule has 0 aliphatic heterocycles. The fourth-order valence-corrected chi connectivity index (χ4v) is 4.17. The van der Waals surface area contributed by atoms with E-state index in [-0.39, 0.29) is 0 Å². The molecule has 0 aliphatic carbocycles. The molecule has 1 aromatic carbocycles. The summed E-state index contributed by atoms with van der Waals surface area (Å²) in [5.41, 5.74) is -8.49. The first-order valence-corrected chi connectivity index (χ1v) is 10.5. The van der Waals surface area contributed by atoms with Gasteiger partial charge < -0.3 is 9.66 Å². The Labute approximate surface area is 199 Å². The minimum absolute atomic E-state index is 0.376. The highest BCUT2D eigenvalue weighted by molar-refractivity contribution is 7.92. The third-order valence-corrected chi connectivity index (χ3v) is 5.86. The van der Waals surface area contributed by atoms with Gasteiger partial charge in [-0.3, -0.25) is 14.5 Å². The summed E-state index contributed by atoms with van der Waals surface area (Å²) in [7, 11) is 0.863. The molecular weight excluding hydrogens is 541 g/mol. The van der Waals surface area contributed by atoms with Crippen molar-refractivity contribution in [2.75, 3.05) is 11.9 Å². The van der Waals surface area contributed by atoms with E-state index in [9.17, 15) is 45.7 Å². The van der Waals surface area contributed by atoms with Crippen LogP contribution in [0.5, 0.6) is 0 Å². The normalized spacial score (nSPS) is 12.9. The molecule has 0 radical (unpaired) electrons. The summed E-state index contributed by atoms with van der Waals surface area (Å²) in [6.45, 7) is 0. The van der Waals surface area contributed by atoms with Gasteiger partial charge in [-0.15, -0.1) is 18.3 Å². The van der Waals surface area contributed by atoms with Crippen LogP contribution in [0.1, 0.15) is 24.1 Å². The second-order valence-electron chi connectivity index (χ2n) is 6.37. The quantitative estimate of drug-likeness (QED) is 0.416. The number of alkyl halides is 6. The first-order chi connectivity index (χ1) is 15.5. The van der Waals surface area contributed by atoms with Gasteiger partial charge in [0.05, 0.1) is 22.0 Å². The van der Waals surface area contributed by atoms with Crippen LogP contribution in [0.2, 0.25) is 10.0 Å². The lowest BCUT2D eigenvalue weighted by molar-refractivity contribution is -0.138. The van der Waals surface area contributed by atoms with Gasteiger partial charge in [-0.25, -0.2) is 4.68 Å². The number of aromatic nitrogens is 2. The number of carbonyl (C=O) groups is 2. The third kappa shape index (κ3) is 5.69. The topological polar surface area (TPSA) is 122 Å². The van der Waals surface area contributed by atoms with Gasteiger partial charge in [0.25, 0.3) is 0 Å². The number of hydrogen-bond donors (Lipinski definition) is 1. The number of hydrogen-bond acceptors (Lipinski definition) is 5. The van der Waals surface area contributed by atoms with Gasteiger partial charge >= 0.3 is 17.7 Å². The molecule has 1 unspecified atom stereocenters. The molecular formula is C17H10Cl2F6N4O4S. The number of benzene rings is 1. The molecule has 1 aromatic heterocycles. The van der Waals surface area contributed by atoms with Crippen molar-refractivity contribution in [2.45, 2.75) is 29.4 Å². The van der Waals surface area contributed by atoms with E-state index in [4.69, 9.17) is 28.3 Å². The first-order valence-electron chi connectivity index (χ1n) is 8.57. The fourth-order valence-electron chi connectivity index (χ4n) is 2.64. The molecule has 2 rings (SSSR count). The molecule has 1 atom stereocenters. The number of aliphatic carboxylic acids is 1. The fraction of sp³-hybridized carbons (Fsp3) is 0.294. The van der Waals surface area contributed by atoms with Crippen LogP contribution >= 0.6 is 23.2 Å². The Hall–Kier alpha value is -2.67. The number of rotatable bonds is 6. The maximum absolute atomic E-state index is 13.3. The summed E-state index contributed by atoms with van der Waals surface area (Å²) in [6.07, 6.45) is -6.36. The van der Waals surface area contributed by atoms with E-state index >= 15 is 0 Å². The molecule has 2 aromatic rings. The predicted octanol–water partition coefficient (Wildman–Crippen LogP) is 4.52. The molecule has 1 heterocycles. The maximum atomic E-state index is 13.3. The summed E-state index contributed by atoms with van der Waals surface area (Å²) < 4.78 is 91.6. The van der Waals surface area contributed by atoms with E-state index in [1.165, 1.54) is 6.07 Å². The molecule has 1 amide bonds. The number of carboxylic acids is 1. The maximum Gasteiger partial charge on any atom is 0.578 e. The molecule has 0 fully saturated rings. The Morgan fingerprint density at radius 3 is 2.15 bits per heavy atom. The van der Waals surface area contributed by atoms with Crippen LogP contribution in [0.15, 0.2) is 17.0 Å². The van der Waals surface area contributed by atoms with Crippen LogP contribution in [0.3, 0.4) is 0 Å². The van der Waals surface area contributed by atoms with Crippen molar-refractivity contribution in [3.8, 4) is 11.8 Å². The molecule has 34 heavy (non-hydrogen) atoms. The van der Waals surface area contributed by atoms with Crippen molar-refractivity contribution in [3.05, 3.63) is 33.4 Å². The average molecular weight is 551 g/mol. The van der Waals surface area contributed by atoms with Gasteiger partial charge in [-0.1, -0.05) is 23.2 Å². The van der Waals surface area contributed by atoms with Gasteiger partial charge in [-0.05, 0) is 12.1 Å². The van der Waals surface area contributed by atoms with Crippen LogP contribution < -0.4 is 4.90 Å². The van der Waals surface area contributed by atoms with Crippen molar-refractivity contribution in [1.82, 2.24) is 9.78 Å². The number of halogens is 8. The highest BCUT2D eigenvalue weighted by Gasteiger charge is 2.51. The number of nitrogens with zero attached hydrogens (tertiary/aromatic N) is 4. The largest absolute Gasteiger partial charge is 0.604 e. The van der Waals surface area contributed by atoms with E-state index in [1.54, 1.807) is 0 Å². The van der Waals surface area contributed by atoms with Crippen molar-refractivity contribution in [1.29, 1.82) is 5.26 Å². The second-order valence-corrected chi connectivity index (χ2v) is 8.60. The van der Waals surface area contributed by atoms with Crippen molar-refractivity contribution < 1.29 is 45.6 Å². The molecule has 0 saturated heterocycles. The lowest BCUT2D eigenvalue weighted by Crippen LogP contribution is -2.32. The van der Waals surface area contributed by atoms with Gasteiger partial charge in [0.15, 0.2) is 5.82 Å². The summed E-state index contributed by atoms with van der Waals surface area (Å²) >= 11 is 7.86. The zero-order chi connectivity index (χ0) is 26.2. The van der Waals surface area contributed by atoms with E-state index in [1.807, 2.05) is 0 Å². The van der Waals surface area contributed by atoms with Crippen LogP contribution in [0, 0.1) is 11.3 Å². The lowest BCUT2D eigenvalue weighted by atomic mass is 10.2. The smallest absolute Gasteiger partial charge is 0.578 e. The molecule has 0 bridgehead atoms. The minimum Gasteiger partial charge on any atom is -0.604 e. The van der Waals surface area contributed by atoms with E-state index < -0.39 is 85.3 Å². The summed E-state index contributed by atoms with van der Waals surface area (Å²) in [4.78, 5) is 22.3. The molecule has 0 spiro atoms.